The van der Waals surface area contributed by atoms with Gasteiger partial charge < -0.3 is 20.4 Å². The van der Waals surface area contributed by atoms with Crippen LogP contribution in [-0.2, 0) is 55.7 Å². The molecule has 65 heavy (non-hydrogen) atoms. The second kappa shape index (κ2) is 27.7. The van der Waals surface area contributed by atoms with Gasteiger partial charge in [-0.2, -0.15) is 0 Å². The number of allylic oxidation sites excluding steroid dienone is 1. The molecule has 0 aliphatic carbocycles. The van der Waals surface area contributed by atoms with Crippen LogP contribution >= 0.6 is 0 Å². The SMILES string of the molecule is CC(=O)CC(=O)CCc1ccc(CO)cc1.CC(O)=CC(O)CCc1ccc(CO)cc1.[Ir].[c-]1ccccc1-c1ccc2ccccc2n1.[c-]1ccccc1-c1ccc2ccccc2n1. The first-order chi connectivity index (χ1) is 31.1. The second-order valence-electron chi connectivity index (χ2n) is 15.1. The number of aromatic nitrogens is 2. The van der Waals surface area contributed by atoms with Crippen molar-refractivity contribution in [2.75, 3.05) is 0 Å². The van der Waals surface area contributed by atoms with E-state index in [1.54, 1.807) is 6.92 Å². The Morgan fingerprint density at radius 1 is 0.569 bits per heavy atom. The van der Waals surface area contributed by atoms with Crippen LogP contribution in [0.5, 0.6) is 0 Å². The molecule has 0 fully saturated rings. The van der Waals surface area contributed by atoms with Gasteiger partial charge in [-0.15, -0.1) is 71.8 Å². The number of hydrogen-bond acceptors (Lipinski definition) is 8. The third-order valence-corrected chi connectivity index (χ3v) is 9.88. The minimum Gasteiger partial charge on any atom is -0.513 e. The number of ketones is 2. The number of Topliss-reactive ketones (excluding diaryl/α,β-unsaturated/α-hetero) is 2. The summed E-state index contributed by atoms with van der Waals surface area (Å²) in [7, 11) is 0. The average molecular weight is 1040 g/mol. The topological polar surface area (TPSA) is 141 Å². The number of carbonyl (C=O) groups is 2. The third kappa shape index (κ3) is 17.9. The molecule has 2 heterocycles. The van der Waals surface area contributed by atoms with E-state index in [9.17, 15) is 14.7 Å². The maximum atomic E-state index is 11.3. The van der Waals surface area contributed by atoms with Crippen LogP contribution in [0, 0.1) is 12.1 Å². The molecule has 1 atom stereocenters. The molecule has 0 aliphatic heterocycles. The van der Waals surface area contributed by atoms with E-state index < -0.39 is 6.10 Å². The molecule has 0 spiro atoms. The fourth-order valence-electron chi connectivity index (χ4n) is 6.49. The van der Waals surface area contributed by atoms with E-state index in [0.717, 1.165) is 62.2 Å². The number of rotatable bonds is 13. The zero-order valence-electron chi connectivity index (χ0n) is 36.6. The zero-order chi connectivity index (χ0) is 45.5. The Balaban J connectivity index is 0.000000189. The molecular formula is C56H54IrN2O6-2. The summed E-state index contributed by atoms with van der Waals surface area (Å²) >= 11 is 0. The quantitative estimate of drug-likeness (QED) is 0.0508. The number of aliphatic hydroxyl groups excluding tert-OH is 4. The van der Waals surface area contributed by atoms with Gasteiger partial charge in [-0.05, 0) is 95.7 Å². The number of fused-ring (bicyclic) bond motifs is 2. The molecule has 2 aromatic heterocycles. The first kappa shape index (κ1) is 51.2. The third-order valence-electron chi connectivity index (χ3n) is 9.88. The van der Waals surface area contributed by atoms with E-state index in [4.69, 9.17) is 15.3 Å². The number of aryl methyl sites for hydroxylation is 2. The summed E-state index contributed by atoms with van der Waals surface area (Å²) in [4.78, 5) is 31.2. The molecule has 9 heteroatoms. The number of carbonyl (C=O) groups excluding carboxylic acids is 2. The summed E-state index contributed by atoms with van der Waals surface area (Å²) in [6.07, 6.45) is 3.24. The van der Waals surface area contributed by atoms with Crippen molar-refractivity contribution in [3.8, 4) is 22.5 Å². The van der Waals surface area contributed by atoms with E-state index in [-0.39, 0.29) is 57.1 Å². The van der Waals surface area contributed by atoms with E-state index in [1.807, 2.05) is 146 Å². The Morgan fingerprint density at radius 2 is 1.00 bits per heavy atom. The summed E-state index contributed by atoms with van der Waals surface area (Å²) in [6.45, 7) is 3.05. The second-order valence-corrected chi connectivity index (χ2v) is 15.1. The predicted molar refractivity (Wildman–Crippen MR) is 256 cm³/mol. The van der Waals surface area contributed by atoms with Crippen LogP contribution in [0.4, 0.5) is 0 Å². The van der Waals surface area contributed by atoms with Crippen LogP contribution in [0.2, 0.25) is 0 Å². The van der Waals surface area contributed by atoms with Gasteiger partial charge in [-0.3, -0.25) is 19.6 Å². The van der Waals surface area contributed by atoms with E-state index in [0.29, 0.717) is 19.3 Å². The van der Waals surface area contributed by atoms with Gasteiger partial charge in [0.05, 0.1) is 42.5 Å². The van der Waals surface area contributed by atoms with Gasteiger partial charge in [0.15, 0.2) is 0 Å². The largest absolute Gasteiger partial charge is 0.513 e. The fourth-order valence-corrected chi connectivity index (χ4v) is 6.49. The van der Waals surface area contributed by atoms with Crippen LogP contribution < -0.4 is 0 Å². The van der Waals surface area contributed by atoms with Gasteiger partial charge in [0, 0.05) is 26.5 Å². The summed E-state index contributed by atoms with van der Waals surface area (Å²) in [6, 6.07) is 61.8. The molecule has 0 bridgehead atoms. The summed E-state index contributed by atoms with van der Waals surface area (Å²) < 4.78 is 0. The standard InChI is InChI=1S/2C15H10N.C13H18O3.C13H16O3.Ir/c2*1-2-6-12(7-3-1)15-11-10-13-8-4-5-9-14(13)16-15;2*1-10(15)8-13(16)7-6-11-2-4-12(9-14)5-3-11;/h2*1-6,8-11H;2-5,8,13-16H,6-7,9H2,1H3;2-5,14H,6-9H2,1H3;/q2*-1;;;. The molecule has 335 valence electrons. The smallest absolute Gasteiger partial charge is 0.140 e. The van der Waals surface area contributed by atoms with Gasteiger partial charge in [-0.1, -0.05) is 109 Å². The normalized spacial score (nSPS) is 11.1. The van der Waals surface area contributed by atoms with Gasteiger partial charge in [-0.25, -0.2) is 0 Å². The van der Waals surface area contributed by atoms with Crippen LogP contribution in [0.25, 0.3) is 44.3 Å². The molecular weight excluding hydrogens is 989 g/mol. The number of hydrogen-bond donors (Lipinski definition) is 4. The number of benzene rings is 6. The van der Waals surface area contributed by atoms with E-state index in [2.05, 4.69) is 46.4 Å². The average Bonchev–Trinajstić information content (AvgIpc) is 3.33. The van der Waals surface area contributed by atoms with Gasteiger partial charge in [0.2, 0.25) is 0 Å². The van der Waals surface area contributed by atoms with Crippen molar-refractivity contribution < 1.29 is 50.1 Å². The minimum atomic E-state index is -0.609. The molecule has 1 unspecified atom stereocenters. The molecule has 0 amide bonds. The zero-order valence-corrected chi connectivity index (χ0v) is 39.0. The van der Waals surface area contributed by atoms with Crippen molar-refractivity contribution in [2.45, 2.75) is 65.3 Å². The van der Waals surface area contributed by atoms with Crippen molar-refractivity contribution in [2.24, 2.45) is 0 Å². The number of nitrogens with zero attached hydrogens (tertiary/aromatic N) is 2. The number of aliphatic hydroxyl groups is 4. The molecule has 8 rings (SSSR count). The van der Waals surface area contributed by atoms with Crippen molar-refractivity contribution in [1.82, 2.24) is 9.97 Å². The Kier molecular flexibility index (Phi) is 21.8. The molecule has 8 nitrogen and oxygen atoms in total. The maximum absolute atomic E-state index is 11.3. The van der Waals surface area contributed by atoms with E-state index in [1.165, 1.54) is 23.8 Å². The van der Waals surface area contributed by atoms with Crippen molar-refractivity contribution in [3.05, 3.63) is 216 Å². The molecule has 4 N–H and O–H groups in total. The van der Waals surface area contributed by atoms with Crippen LogP contribution in [0.15, 0.2) is 182 Å². The predicted octanol–water partition coefficient (Wildman–Crippen LogP) is 11.0. The molecule has 0 saturated carbocycles. The van der Waals surface area contributed by atoms with Gasteiger partial charge in [0.1, 0.15) is 11.6 Å². The fraction of sp³-hybridized carbons (Fsp3) is 0.179. The van der Waals surface area contributed by atoms with Crippen molar-refractivity contribution in [1.29, 1.82) is 0 Å². The summed E-state index contributed by atoms with van der Waals surface area (Å²) in [5.74, 6) is 0.0440. The summed E-state index contributed by atoms with van der Waals surface area (Å²) in [5, 5.41) is 38.5. The molecule has 8 aromatic rings. The molecule has 0 saturated heterocycles. The van der Waals surface area contributed by atoms with Crippen LogP contribution in [0.3, 0.4) is 0 Å². The van der Waals surface area contributed by atoms with Crippen LogP contribution in [-0.4, -0.2) is 48.1 Å². The Hall–Kier alpha value is -6.45. The Labute approximate surface area is 395 Å². The summed E-state index contributed by atoms with van der Waals surface area (Å²) in [5.41, 5.74) is 9.97. The van der Waals surface area contributed by atoms with Gasteiger partial charge >= 0.3 is 0 Å². The van der Waals surface area contributed by atoms with Crippen molar-refractivity contribution in [3.63, 3.8) is 0 Å². The number of para-hydroxylation sites is 2. The van der Waals surface area contributed by atoms with E-state index >= 15 is 0 Å². The number of pyridine rings is 2. The molecule has 0 aliphatic rings. The first-order valence-electron chi connectivity index (χ1n) is 21.2. The molecule has 6 aromatic carbocycles. The monoisotopic (exact) mass is 1040 g/mol. The Bertz CT molecular complexity index is 2570. The molecule has 1 radical (unpaired) electrons. The van der Waals surface area contributed by atoms with Crippen LogP contribution in [0.1, 0.15) is 55.4 Å². The Morgan fingerprint density at radius 3 is 1.42 bits per heavy atom. The first-order valence-corrected chi connectivity index (χ1v) is 21.2. The minimum absolute atomic E-state index is 0. The van der Waals surface area contributed by atoms with Gasteiger partial charge in [0.25, 0.3) is 0 Å². The maximum Gasteiger partial charge on any atom is 0.140 e. The van der Waals surface area contributed by atoms with Crippen molar-refractivity contribution >= 4 is 33.4 Å².